The molecule has 1 saturated heterocycles. The lowest BCUT2D eigenvalue weighted by atomic mass is 10.1. The van der Waals surface area contributed by atoms with Crippen LogP contribution in [-0.4, -0.2) is 49.2 Å². The Morgan fingerprint density at radius 2 is 1.46 bits per heavy atom. The van der Waals surface area contributed by atoms with Crippen molar-refractivity contribution in [2.24, 2.45) is 0 Å². The lowest BCUT2D eigenvalue weighted by Gasteiger charge is -2.30. The van der Waals surface area contributed by atoms with Gasteiger partial charge in [-0.1, -0.05) is 29.3 Å². The Bertz CT molecular complexity index is 854. The van der Waals surface area contributed by atoms with Gasteiger partial charge in [-0.3, -0.25) is 9.59 Å². The molecule has 0 unspecified atom stereocenters. The number of amides is 2. The highest BCUT2D eigenvalue weighted by Gasteiger charge is 2.39. The average molecular weight is 352 g/mol. The number of anilines is 1. The summed E-state index contributed by atoms with van der Waals surface area (Å²) < 4.78 is 5.34. The number of hydrogen-bond acceptors (Lipinski definition) is 6. The highest BCUT2D eigenvalue weighted by molar-refractivity contribution is 6.21. The molecule has 0 radical (unpaired) electrons. The molecule has 0 spiro atoms. The first-order valence-electron chi connectivity index (χ1n) is 8.28. The third-order valence-electron chi connectivity index (χ3n) is 4.41. The predicted octanol–water partition coefficient (Wildman–Crippen LogP) is 1.89. The van der Waals surface area contributed by atoms with Crippen molar-refractivity contribution < 1.29 is 24.0 Å². The maximum absolute atomic E-state index is 12.7. The molecular weight excluding hydrogens is 336 g/mol. The minimum absolute atomic E-state index is 0.228. The fraction of sp³-hybridized carbons (Fsp3) is 0.211. The van der Waals surface area contributed by atoms with Crippen LogP contribution in [0.15, 0.2) is 48.5 Å². The molecule has 7 nitrogen and oxygen atoms in total. The monoisotopic (exact) mass is 352 g/mol. The van der Waals surface area contributed by atoms with E-state index in [0.717, 1.165) is 0 Å². The molecule has 132 valence electrons. The van der Waals surface area contributed by atoms with Crippen LogP contribution in [0.3, 0.4) is 0 Å². The normalized spacial score (nSPS) is 16.6. The van der Waals surface area contributed by atoms with Crippen molar-refractivity contribution in [3.05, 3.63) is 65.2 Å². The van der Waals surface area contributed by atoms with Gasteiger partial charge in [0.2, 0.25) is 0 Å². The average Bonchev–Trinajstić information content (AvgIpc) is 2.94. The molecule has 1 fully saturated rings. The largest absolute Gasteiger partial charge is 0.378 e. The van der Waals surface area contributed by atoms with E-state index in [4.69, 9.17) is 9.57 Å². The number of morpholine rings is 1. The van der Waals surface area contributed by atoms with E-state index in [1.165, 1.54) is 12.1 Å². The number of ether oxygens (including phenoxy) is 1. The summed E-state index contributed by atoms with van der Waals surface area (Å²) in [7, 11) is 0. The van der Waals surface area contributed by atoms with Gasteiger partial charge in [0.1, 0.15) is 0 Å². The van der Waals surface area contributed by atoms with Crippen LogP contribution >= 0.6 is 0 Å². The topological polar surface area (TPSA) is 76.2 Å². The first-order valence-corrected chi connectivity index (χ1v) is 8.28. The number of hydrogen-bond donors (Lipinski definition) is 0. The van der Waals surface area contributed by atoms with Crippen molar-refractivity contribution in [2.45, 2.75) is 0 Å². The van der Waals surface area contributed by atoms with E-state index in [1.807, 2.05) is 17.0 Å². The summed E-state index contributed by atoms with van der Waals surface area (Å²) >= 11 is 0. The zero-order valence-electron chi connectivity index (χ0n) is 13.9. The molecule has 0 aromatic heterocycles. The number of benzene rings is 2. The molecule has 0 saturated carbocycles. The number of hydroxylamine groups is 2. The highest BCUT2D eigenvalue weighted by Crippen LogP contribution is 2.26. The van der Waals surface area contributed by atoms with Gasteiger partial charge in [-0.25, -0.2) is 4.79 Å². The van der Waals surface area contributed by atoms with Crippen molar-refractivity contribution in [1.82, 2.24) is 5.06 Å². The second-order valence-electron chi connectivity index (χ2n) is 5.95. The van der Waals surface area contributed by atoms with Crippen LogP contribution in [0.25, 0.3) is 0 Å². The third kappa shape index (κ3) is 2.72. The quantitative estimate of drug-likeness (QED) is 0.785. The van der Waals surface area contributed by atoms with Crippen LogP contribution < -0.4 is 4.90 Å². The summed E-state index contributed by atoms with van der Waals surface area (Å²) in [6, 6.07) is 13.3. The molecule has 2 amide bonds. The Morgan fingerprint density at radius 3 is 2.12 bits per heavy atom. The number of carbonyl (C=O) groups is 3. The van der Waals surface area contributed by atoms with Crippen LogP contribution in [0.4, 0.5) is 5.69 Å². The van der Waals surface area contributed by atoms with E-state index in [0.29, 0.717) is 42.6 Å². The zero-order chi connectivity index (χ0) is 18.1. The molecule has 4 rings (SSSR count). The fourth-order valence-corrected chi connectivity index (χ4v) is 3.11. The van der Waals surface area contributed by atoms with Gasteiger partial charge < -0.3 is 14.5 Å². The maximum Gasteiger partial charge on any atom is 0.366 e. The van der Waals surface area contributed by atoms with E-state index >= 15 is 0 Å². The van der Waals surface area contributed by atoms with E-state index in [-0.39, 0.29) is 11.1 Å². The van der Waals surface area contributed by atoms with Crippen molar-refractivity contribution in [3.8, 4) is 0 Å². The SMILES string of the molecule is O=C(ON1C(=O)c2ccccc2C1=O)c1ccccc1N1CCOCC1. The van der Waals surface area contributed by atoms with Gasteiger partial charge in [0.15, 0.2) is 0 Å². The Kier molecular flexibility index (Phi) is 4.14. The molecule has 2 heterocycles. The molecule has 0 aliphatic carbocycles. The molecule has 2 aromatic rings. The van der Waals surface area contributed by atoms with E-state index in [9.17, 15) is 14.4 Å². The van der Waals surface area contributed by atoms with Crippen molar-refractivity contribution in [1.29, 1.82) is 0 Å². The number of rotatable bonds is 3. The number of imide groups is 1. The number of nitrogens with zero attached hydrogens (tertiary/aromatic N) is 2. The summed E-state index contributed by atoms with van der Waals surface area (Å²) in [5.41, 5.74) is 1.45. The molecule has 0 atom stereocenters. The van der Waals surface area contributed by atoms with E-state index in [2.05, 4.69) is 0 Å². The van der Waals surface area contributed by atoms with Gasteiger partial charge in [-0.2, -0.15) is 0 Å². The zero-order valence-corrected chi connectivity index (χ0v) is 13.9. The van der Waals surface area contributed by atoms with Crippen molar-refractivity contribution in [2.75, 3.05) is 31.2 Å². The lowest BCUT2D eigenvalue weighted by molar-refractivity contribution is -0.0584. The van der Waals surface area contributed by atoms with Crippen LogP contribution in [0.2, 0.25) is 0 Å². The first-order chi connectivity index (χ1) is 12.7. The number of fused-ring (bicyclic) bond motifs is 1. The number of carbonyl (C=O) groups excluding carboxylic acids is 3. The third-order valence-corrected chi connectivity index (χ3v) is 4.41. The van der Waals surface area contributed by atoms with Crippen LogP contribution in [0.1, 0.15) is 31.1 Å². The Labute approximate surface area is 149 Å². The molecule has 0 bridgehead atoms. The standard InChI is InChI=1S/C19H16N2O5/c22-17-13-5-1-2-6-14(13)18(23)21(17)26-19(24)15-7-3-4-8-16(15)20-9-11-25-12-10-20/h1-8H,9-12H2. The molecule has 2 aromatic carbocycles. The number of para-hydroxylation sites is 1. The molecule has 7 heteroatoms. The Hall–Kier alpha value is -3.19. The molecule has 2 aliphatic heterocycles. The second-order valence-corrected chi connectivity index (χ2v) is 5.95. The van der Waals surface area contributed by atoms with Crippen molar-refractivity contribution >= 4 is 23.5 Å². The first kappa shape index (κ1) is 16.3. The molecular formula is C19H16N2O5. The minimum atomic E-state index is -0.749. The van der Waals surface area contributed by atoms with Crippen LogP contribution in [0.5, 0.6) is 0 Å². The molecule has 2 aliphatic rings. The maximum atomic E-state index is 12.7. The summed E-state index contributed by atoms with van der Waals surface area (Å²) in [5, 5.41) is 0.531. The van der Waals surface area contributed by atoms with Gasteiger partial charge >= 0.3 is 5.97 Å². The van der Waals surface area contributed by atoms with Gasteiger partial charge in [-0.15, -0.1) is 0 Å². The molecule has 0 N–H and O–H groups in total. The summed E-state index contributed by atoms with van der Waals surface area (Å²) in [6.07, 6.45) is 0. The Morgan fingerprint density at radius 1 is 0.885 bits per heavy atom. The van der Waals surface area contributed by atoms with E-state index in [1.54, 1.807) is 24.3 Å². The van der Waals surface area contributed by atoms with Gasteiger partial charge in [0.25, 0.3) is 11.8 Å². The van der Waals surface area contributed by atoms with Gasteiger partial charge in [0.05, 0.1) is 35.6 Å². The van der Waals surface area contributed by atoms with Crippen LogP contribution in [0, 0.1) is 0 Å². The fourth-order valence-electron chi connectivity index (χ4n) is 3.11. The van der Waals surface area contributed by atoms with Crippen molar-refractivity contribution in [3.63, 3.8) is 0 Å². The van der Waals surface area contributed by atoms with Gasteiger partial charge in [-0.05, 0) is 24.3 Å². The lowest BCUT2D eigenvalue weighted by Crippen LogP contribution is -2.38. The minimum Gasteiger partial charge on any atom is -0.378 e. The van der Waals surface area contributed by atoms with E-state index < -0.39 is 17.8 Å². The summed E-state index contributed by atoms with van der Waals surface area (Å²) in [6.45, 7) is 2.44. The summed E-state index contributed by atoms with van der Waals surface area (Å²) in [4.78, 5) is 44.6. The smallest absolute Gasteiger partial charge is 0.366 e. The van der Waals surface area contributed by atoms with Crippen LogP contribution in [-0.2, 0) is 9.57 Å². The molecule has 26 heavy (non-hydrogen) atoms. The highest BCUT2D eigenvalue weighted by atomic mass is 16.7. The Balaban J connectivity index is 1.58. The van der Waals surface area contributed by atoms with Gasteiger partial charge in [0, 0.05) is 13.1 Å². The summed E-state index contributed by atoms with van der Waals surface area (Å²) in [5.74, 6) is -2.02. The second kappa shape index (κ2) is 6.61. The predicted molar refractivity (Wildman–Crippen MR) is 91.8 cm³/mol.